The summed E-state index contributed by atoms with van der Waals surface area (Å²) in [5.41, 5.74) is 12.9. The van der Waals surface area contributed by atoms with Gasteiger partial charge in [-0.25, -0.2) is 0 Å². The molecule has 0 atom stereocenters. The van der Waals surface area contributed by atoms with Gasteiger partial charge in [0.25, 0.3) is 0 Å². The van der Waals surface area contributed by atoms with Crippen LogP contribution in [0.3, 0.4) is 0 Å². The largest absolute Gasteiger partial charge is 0.477 e. The van der Waals surface area contributed by atoms with E-state index >= 15 is 0 Å². The summed E-state index contributed by atoms with van der Waals surface area (Å²) in [6.07, 6.45) is 0. The molecule has 0 unspecified atom stereocenters. The second-order valence-corrected chi connectivity index (χ2v) is 2.50. The first kappa shape index (κ1) is 9.51. The van der Waals surface area contributed by atoms with Crippen molar-refractivity contribution >= 4 is 28.5 Å². The Morgan fingerprint density at radius 1 is 1.90 bits per heavy atom. The molecule has 10 heavy (non-hydrogen) atoms. The lowest BCUT2D eigenvalue weighted by Crippen LogP contribution is -2.09. The predicted molar refractivity (Wildman–Crippen MR) is 44.3 cm³/mol. The smallest absolute Gasteiger partial charge is 0.227 e. The van der Waals surface area contributed by atoms with Crippen LogP contribution in [0.5, 0.6) is 0 Å². The molecule has 0 saturated heterocycles. The van der Waals surface area contributed by atoms with Crippen molar-refractivity contribution in [1.82, 2.24) is 0 Å². The van der Waals surface area contributed by atoms with Crippen LogP contribution in [-0.2, 0) is 4.74 Å². The molecule has 0 radical (unpaired) electrons. The molecule has 0 rings (SSSR count). The molecule has 0 aromatic rings. The normalized spacial score (nSPS) is 8.10. The van der Waals surface area contributed by atoms with Crippen LogP contribution in [0.1, 0.15) is 0 Å². The number of azide groups is 1. The summed E-state index contributed by atoms with van der Waals surface area (Å²) >= 11 is 5.38. The van der Waals surface area contributed by atoms with Crippen molar-refractivity contribution in [2.45, 2.75) is 0 Å². The molecule has 0 heterocycles. The van der Waals surface area contributed by atoms with Gasteiger partial charge in [0.2, 0.25) is 4.38 Å². The Labute approximate surface area is 67.7 Å². The number of ether oxygens (including phenoxy) is 1. The molecule has 0 amide bonds. The van der Waals surface area contributed by atoms with Crippen LogP contribution in [0.25, 0.3) is 10.4 Å². The Bertz CT molecular complexity index is 155. The Morgan fingerprint density at radius 2 is 2.60 bits per heavy atom. The highest BCUT2D eigenvalue weighted by Gasteiger charge is 1.92. The summed E-state index contributed by atoms with van der Waals surface area (Å²) in [7, 11) is 0. The summed E-state index contributed by atoms with van der Waals surface area (Å²) < 4.78 is 8.11. The molecular weight excluding hydrogens is 172 g/mol. The third-order valence-corrected chi connectivity index (χ3v) is 1.25. The summed E-state index contributed by atoms with van der Waals surface area (Å²) in [6, 6.07) is 0. The first-order chi connectivity index (χ1) is 4.81. The van der Waals surface area contributed by atoms with Gasteiger partial charge in [-0.1, -0.05) is 0 Å². The lowest BCUT2D eigenvalue weighted by Gasteiger charge is -1.99. The number of rotatable bonds is 3. The van der Waals surface area contributed by atoms with E-state index in [1.54, 1.807) is 0 Å². The van der Waals surface area contributed by atoms with Gasteiger partial charge < -0.3 is 10.5 Å². The summed E-state index contributed by atoms with van der Waals surface area (Å²) in [6.45, 7) is 0.754. The number of hydrogen-bond donors (Lipinski definition) is 1. The molecule has 0 fully saturated rings. The van der Waals surface area contributed by atoms with E-state index in [0.29, 0.717) is 13.2 Å². The molecule has 0 aromatic carbocycles. The molecule has 56 valence electrons. The highest BCUT2D eigenvalue weighted by atomic mass is 32.2. The summed E-state index contributed by atoms with van der Waals surface area (Å²) in [4.78, 5) is 2.47. The molecular formula is C3H6N4OS2. The lowest BCUT2D eigenvalue weighted by atomic mass is 10.7. The fourth-order valence-electron chi connectivity index (χ4n) is 0.220. The van der Waals surface area contributed by atoms with Gasteiger partial charge >= 0.3 is 0 Å². The topological polar surface area (TPSA) is 84.0 Å². The molecule has 0 aliphatic heterocycles. The van der Waals surface area contributed by atoms with E-state index in [2.05, 4.69) is 21.6 Å². The van der Waals surface area contributed by atoms with Gasteiger partial charge in [0, 0.05) is 23.4 Å². The first-order valence-electron chi connectivity index (χ1n) is 2.39. The SMILES string of the molecule is [N-]=[N+]=NSC(=S)OCCN. The quantitative estimate of drug-likeness (QED) is 0.231. The van der Waals surface area contributed by atoms with Gasteiger partial charge in [-0.05, 0) is 22.3 Å². The van der Waals surface area contributed by atoms with Crippen molar-refractivity contribution in [1.29, 1.82) is 0 Å². The van der Waals surface area contributed by atoms with E-state index in [4.69, 9.17) is 16.0 Å². The van der Waals surface area contributed by atoms with Gasteiger partial charge in [0.1, 0.15) is 6.61 Å². The van der Waals surface area contributed by atoms with Crippen LogP contribution >= 0.6 is 24.2 Å². The minimum absolute atomic E-state index is 0.197. The predicted octanol–water partition coefficient (Wildman–Crippen LogP) is 1.21. The number of thiocarbonyl (C=S) groups is 1. The Hall–Kier alpha value is -0.490. The minimum Gasteiger partial charge on any atom is -0.477 e. The van der Waals surface area contributed by atoms with Gasteiger partial charge in [-0.3, -0.25) is 0 Å². The molecule has 0 saturated carbocycles. The molecule has 0 aromatic heterocycles. The maximum atomic E-state index is 7.84. The monoisotopic (exact) mass is 178 g/mol. The van der Waals surface area contributed by atoms with Crippen molar-refractivity contribution < 1.29 is 4.74 Å². The second-order valence-electron chi connectivity index (χ2n) is 1.15. The van der Waals surface area contributed by atoms with Crippen LogP contribution in [0.2, 0.25) is 0 Å². The highest BCUT2D eigenvalue weighted by molar-refractivity contribution is 8.21. The average molecular weight is 178 g/mol. The zero-order valence-electron chi connectivity index (χ0n) is 5.06. The molecule has 5 nitrogen and oxygen atoms in total. The van der Waals surface area contributed by atoms with Crippen molar-refractivity contribution in [2.24, 2.45) is 10.3 Å². The van der Waals surface area contributed by atoms with Crippen LogP contribution < -0.4 is 5.73 Å². The Kier molecular flexibility index (Phi) is 6.30. The molecule has 7 heteroatoms. The van der Waals surface area contributed by atoms with Crippen LogP contribution in [0.15, 0.2) is 4.52 Å². The maximum absolute atomic E-state index is 7.84. The highest BCUT2D eigenvalue weighted by Crippen LogP contribution is 2.06. The van der Waals surface area contributed by atoms with E-state index < -0.39 is 0 Å². The van der Waals surface area contributed by atoms with E-state index in [-0.39, 0.29) is 4.38 Å². The third kappa shape index (κ3) is 5.64. The minimum atomic E-state index is 0.197. The fourth-order valence-corrected chi connectivity index (χ4v) is 0.643. The van der Waals surface area contributed by atoms with Crippen molar-refractivity contribution in [3.63, 3.8) is 0 Å². The van der Waals surface area contributed by atoms with Gasteiger partial charge in [-0.2, -0.15) is 0 Å². The van der Waals surface area contributed by atoms with E-state index in [1.165, 1.54) is 0 Å². The van der Waals surface area contributed by atoms with E-state index in [9.17, 15) is 0 Å². The first-order valence-corrected chi connectivity index (χ1v) is 3.57. The van der Waals surface area contributed by atoms with Crippen LogP contribution in [-0.4, -0.2) is 17.5 Å². The Morgan fingerprint density at radius 3 is 3.10 bits per heavy atom. The maximum Gasteiger partial charge on any atom is 0.227 e. The summed E-state index contributed by atoms with van der Waals surface area (Å²) in [5, 5.41) is 0. The van der Waals surface area contributed by atoms with Crippen LogP contribution in [0, 0.1) is 0 Å². The van der Waals surface area contributed by atoms with Gasteiger partial charge in [0.15, 0.2) is 0 Å². The lowest BCUT2D eigenvalue weighted by molar-refractivity contribution is 0.333. The van der Waals surface area contributed by atoms with Crippen molar-refractivity contribution in [3.8, 4) is 0 Å². The van der Waals surface area contributed by atoms with Crippen LogP contribution in [0.4, 0.5) is 0 Å². The molecule has 0 aliphatic carbocycles. The van der Waals surface area contributed by atoms with E-state index in [0.717, 1.165) is 11.9 Å². The molecule has 0 aliphatic rings. The van der Waals surface area contributed by atoms with Crippen molar-refractivity contribution in [2.75, 3.05) is 13.2 Å². The number of nitrogens with two attached hydrogens (primary N) is 1. The molecule has 0 spiro atoms. The number of hydrogen-bond acceptors (Lipinski definition) is 5. The zero-order chi connectivity index (χ0) is 7.82. The molecule has 0 bridgehead atoms. The van der Waals surface area contributed by atoms with Gasteiger partial charge in [-0.15, -0.1) is 0 Å². The Balaban J connectivity index is 3.34. The average Bonchev–Trinajstić information content (AvgIpc) is 1.97. The zero-order valence-corrected chi connectivity index (χ0v) is 6.69. The fraction of sp³-hybridized carbons (Fsp3) is 0.667. The van der Waals surface area contributed by atoms with Gasteiger partial charge in [0.05, 0.1) is 0 Å². The van der Waals surface area contributed by atoms with E-state index in [1.807, 2.05) is 0 Å². The second kappa shape index (κ2) is 6.63. The third-order valence-electron chi connectivity index (χ3n) is 0.490. The standard InChI is InChI=1S/C3H6N4OS2/c4-1-2-8-3(9)10-7-6-5/h1-2,4H2. The molecule has 2 N–H and O–H groups in total. The van der Waals surface area contributed by atoms with Crippen molar-refractivity contribution in [3.05, 3.63) is 10.4 Å². The number of nitrogens with zero attached hydrogens (tertiary/aromatic N) is 3. The summed E-state index contributed by atoms with van der Waals surface area (Å²) in [5.74, 6) is 0.